The fourth-order valence-electron chi connectivity index (χ4n) is 6.02. The molecule has 0 unspecified atom stereocenters. The van der Waals surface area contributed by atoms with Gasteiger partial charge in [0, 0.05) is 0 Å². The lowest BCUT2D eigenvalue weighted by Crippen LogP contribution is -2.17. The first kappa shape index (κ1) is 25.7. The van der Waals surface area contributed by atoms with Gasteiger partial charge in [0.15, 0.2) is 5.83 Å². The van der Waals surface area contributed by atoms with Gasteiger partial charge in [-0.1, -0.05) is 88.3 Å². The molecule has 2 aliphatic rings. The molecule has 180 valence electrons. The Balaban J connectivity index is 1.27. The Morgan fingerprint density at radius 3 is 2.06 bits per heavy atom. The number of halogens is 1. The molecule has 0 N–H and O–H groups in total. The van der Waals surface area contributed by atoms with Crippen molar-refractivity contribution in [2.24, 2.45) is 17.8 Å². The normalized spacial score (nSPS) is 26.4. The van der Waals surface area contributed by atoms with E-state index >= 15 is 0 Å². The predicted octanol–water partition coefficient (Wildman–Crippen LogP) is 9.60. The minimum atomic E-state index is -0.711. The number of nitrogens with zero attached hydrogens (tertiary/aromatic N) is 1. The number of unbranched alkanes of at least 4 members (excludes halogenated alkanes) is 1. The number of nitriles is 1. The van der Waals surface area contributed by atoms with Crippen molar-refractivity contribution in [2.75, 3.05) is 0 Å². The molecule has 0 amide bonds. The molecule has 1 aromatic rings. The summed E-state index contributed by atoms with van der Waals surface area (Å²) in [5.41, 5.74) is 3.08. The molecular formula is C31H44FN. The number of rotatable bonds is 11. The van der Waals surface area contributed by atoms with Crippen LogP contribution in [0.5, 0.6) is 0 Å². The highest BCUT2D eigenvalue weighted by molar-refractivity contribution is 5.26. The largest absolute Gasteiger partial charge is 0.199 e. The lowest BCUT2D eigenvalue weighted by molar-refractivity contribution is 0.225. The van der Waals surface area contributed by atoms with E-state index in [0.29, 0.717) is 0 Å². The first-order valence-corrected chi connectivity index (χ1v) is 13.7. The fraction of sp³-hybridized carbons (Fsp3) is 0.645. The summed E-state index contributed by atoms with van der Waals surface area (Å²) in [6.07, 6.45) is 25.0. The van der Waals surface area contributed by atoms with Gasteiger partial charge in [-0.05, 0) is 92.2 Å². The van der Waals surface area contributed by atoms with Crippen molar-refractivity contribution in [1.82, 2.24) is 0 Å². The van der Waals surface area contributed by atoms with Crippen molar-refractivity contribution in [3.8, 4) is 6.07 Å². The summed E-state index contributed by atoms with van der Waals surface area (Å²) >= 11 is 0. The van der Waals surface area contributed by atoms with Crippen molar-refractivity contribution >= 4 is 0 Å². The Hall–Kier alpha value is -1.88. The van der Waals surface area contributed by atoms with Crippen LogP contribution in [0.2, 0.25) is 0 Å². The third-order valence-electron chi connectivity index (χ3n) is 8.29. The number of benzene rings is 1. The van der Waals surface area contributed by atoms with Gasteiger partial charge in [0.05, 0.1) is 0 Å². The third-order valence-corrected chi connectivity index (χ3v) is 8.29. The molecule has 1 nitrogen and oxygen atoms in total. The van der Waals surface area contributed by atoms with Crippen LogP contribution in [0.15, 0.2) is 48.3 Å². The minimum absolute atomic E-state index is 0.711. The summed E-state index contributed by atoms with van der Waals surface area (Å²) in [4.78, 5) is 0. The Morgan fingerprint density at radius 2 is 1.48 bits per heavy atom. The van der Waals surface area contributed by atoms with Gasteiger partial charge in [0.1, 0.15) is 6.07 Å². The van der Waals surface area contributed by atoms with Gasteiger partial charge in [0.25, 0.3) is 0 Å². The zero-order valence-corrected chi connectivity index (χ0v) is 20.8. The maximum atomic E-state index is 12.8. The van der Waals surface area contributed by atoms with Crippen LogP contribution in [-0.4, -0.2) is 0 Å². The van der Waals surface area contributed by atoms with E-state index in [4.69, 9.17) is 5.26 Å². The molecule has 0 radical (unpaired) electrons. The molecule has 0 heterocycles. The van der Waals surface area contributed by atoms with Crippen LogP contribution in [0.4, 0.5) is 4.39 Å². The second kappa shape index (κ2) is 14.4. The van der Waals surface area contributed by atoms with Crippen LogP contribution in [0.3, 0.4) is 0 Å². The SMILES string of the molecule is CCCCc1ccc([C@H]2CC[C@H](CC[C@H]3CC[C@H](CC/C=C/C=C(\F)C#N)CC3)CC2)cc1. The minimum Gasteiger partial charge on any atom is -0.195 e. The summed E-state index contributed by atoms with van der Waals surface area (Å²) in [5.74, 6) is 2.81. The van der Waals surface area contributed by atoms with E-state index in [-0.39, 0.29) is 0 Å². The van der Waals surface area contributed by atoms with E-state index in [9.17, 15) is 4.39 Å². The smallest absolute Gasteiger partial charge is 0.195 e. The summed E-state index contributed by atoms with van der Waals surface area (Å²) in [5, 5.41) is 8.41. The number of hydrogen-bond donors (Lipinski definition) is 0. The predicted molar refractivity (Wildman–Crippen MR) is 138 cm³/mol. The Labute approximate surface area is 202 Å². The average Bonchev–Trinajstić information content (AvgIpc) is 2.87. The van der Waals surface area contributed by atoms with E-state index < -0.39 is 5.83 Å². The molecule has 0 bridgehead atoms. The standard InChI is InChI=1S/C31H44FN/c1-2-3-7-25-16-20-29(21-17-25)30-22-18-28(19-23-30)15-14-27-12-10-26(11-13-27)8-5-4-6-9-31(32)24-33/h4,6,9,16-17,20-21,26-28,30H,2-3,5,7-8,10-15,18-19,22-23H2,1H3/b6-4+,31-9-/t26-,27-,28-,30-. The first-order valence-electron chi connectivity index (χ1n) is 13.7. The maximum absolute atomic E-state index is 12.8. The second-order valence-electron chi connectivity index (χ2n) is 10.7. The molecule has 0 aliphatic heterocycles. The van der Waals surface area contributed by atoms with Gasteiger partial charge in [-0.15, -0.1) is 0 Å². The summed E-state index contributed by atoms with van der Waals surface area (Å²) in [7, 11) is 0. The highest BCUT2D eigenvalue weighted by Gasteiger charge is 2.25. The lowest BCUT2D eigenvalue weighted by Gasteiger charge is -2.32. The Morgan fingerprint density at radius 1 is 0.909 bits per heavy atom. The number of hydrogen-bond acceptors (Lipinski definition) is 1. The summed E-state index contributed by atoms with van der Waals surface area (Å²) in [6.45, 7) is 2.27. The zero-order valence-electron chi connectivity index (χ0n) is 20.8. The van der Waals surface area contributed by atoms with Gasteiger partial charge in [-0.25, -0.2) is 0 Å². The molecule has 0 saturated heterocycles. The Kier molecular flexibility index (Phi) is 11.2. The average molecular weight is 450 g/mol. The molecule has 0 aromatic heterocycles. The van der Waals surface area contributed by atoms with E-state index in [1.54, 1.807) is 11.6 Å². The monoisotopic (exact) mass is 449 g/mol. The van der Waals surface area contributed by atoms with Crippen molar-refractivity contribution in [3.63, 3.8) is 0 Å². The molecule has 2 heteroatoms. The van der Waals surface area contributed by atoms with Gasteiger partial charge in [-0.2, -0.15) is 9.65 Å². The Bertz CT molecular complexity index is 768. The lowest BCUT2D eigenvalue weighted by atomic mass is 9.74. The van der Waals surface area contributed by atoms with Crippen molar-refractivity contribution in [3.05, 3.63) is 59.4 Å². The molecule has 0 spiro atoms. The van der Waals surface area contributed by atoms with Crippen LogP contribution in [-0.2, 0) is 6.42 Å². The summed E-state index contributed by atoms with van der Waals surface area (Å²) in [6, 6.07) is 11.1. The fourth-order valence-corrected chi connectivity index (χ4v) is 6.02. The van der Waals surface area contributed by atoms with Gasteiger partial charge < -0.3 is 0 Å². The topological polar surface area (TPSA) is 23.8 Å². The second-order valence-corrected chi connectivity index (χ2v) is 10.7. The van der Waals surface area contributed by atoms with Gasteiger partial charge in [-0.3, -0.25) is 0 Å². The quantitative estimate of drug-likeness (QED) is 0.244. The third kappa shape index (κ3) is 9.11. The van der Waals surface area contributed by atoms with E-state index in [0.717, 1.165) is 30.1 Å². The highest BCUT2D eigenvalue weighted by Crippen LogP contribution is 2.40. The molecule has 2 aliphatic carbocycles. The molecule has 0 atom stereocenters. The van der Waals surface area contributed by atoms with Crippen LogP contribution in [0, 0.1) is 29.1 Å². The van der Waals surface area contributed by atoms with E-state index in [1.807, 2.05) is 6.08 Å². The van der Waals surface area contributed by atoms with Crippen LogP contribution in [0.1, 0.15) is 114 Å². The van der Waals surface area contributed by atoms with E-state index in [2.05, 4.69) is 31.2 Å². The maximum Gasteiger partial charge on any atom is 0.199 e. The highest BCUT2D eigenvalue weighted by atomic mass is 19.1. The zero-order chi connectivity index (χ0) is 23.3. The van der Waals surface area contributed by atoms with Crippen LogP contribution >= 0.6 is 0 Å². The first-order chi connectivity index (χ1) is 16.2. The molecular weight excluding hydrogens is 405 g/mol. The van der Waals surface area contributed by atoms with Crippen LogP contribution < -0.4 is 0 Å². The number of aryl methyl sites for hydroxylation is 1. The van der Waals surface area contributed by atoms with Gasteiger partial charge in [0.2, 0.25) is 0 Å². The molecule has 3 rings (SSSR count). The van der Waals surface area contributed by atoms with Crippen LogP contribution in [0.25, 0.3) is 0 Å². The van der Waals surface area contributed by atoms with Gasteiger partial charge >= 0.3 is 0 Å². The molecule has 2 fully saturated rings. The van der Waals surface area contributed by atoms with Crippen molar-refractivity contribution < 1.29 is 4.39 Å². The van der Waals surface area contributed by atoms with Crippen molar-refractivity contribution in [1.29, 1.82) is 5.26 Å². The molecule has 1 aromatic carbocycles. The number of allylic oxidation sites excluding steroid dienone is 4. The molecule has 2 saturated carbocycles. The van der Waals surface area contributed by atoms with E-state index in [1.165, 1.54) is 108 Å². The van der Waals surface area contributed by atoms with Crippen molar-refractivity contribution in [2.45, 2.75) is 109 Å². The summed E-state index contributed by atoms with van der Waals surface area (Å²) < 4.78 is 12.8. The molecule has 33 heavy (non-hydrogen) atoms.